The number of nitrogens with zero attached hydrogens (tertiary/aromatic N) is 3. The van der Waals surface area contributed by atoms with Gasteiger partial charge < -0.3 is 5.73 Å². The summed E-state index contributed by atoms with van der Waals surface area (Å²) in [6.45, 7) is 0. The zero-order valence-electron chi connectivity index (χ0n) is 5.53. The molecule has 0 bridgehead atoms. The molecule has 0 aromatic rings. The summed E-state index contributed by atoms with van der Waals surface area (Å²) in [7, 11) is 0. The first-order chi connectivity index (χ1) is 5.27. The van der Waals surface area contributed by atoms with Gasteiger partial charge in [0.25, 0.3) is 0 Å². The van der Waals surface area contributed by atoms with Crippen molar-refractivity contribution in [1.82, 2.24) is 0 Å². The number of hydrogen-bond donors (Lipinski definition) is 1. The largest absolute Gasteiger partial charge is 0.368 e. The molecule has 0 aromatic heterocycles. The van der Waals surface area contributed by atoms with Crippen LogP contribution >= 0.6 is 11.6 Å². The van der Waals surface area contributed by atoms with E-state index in [0.29, 0.717) is 11.0 Å². The highest BCUT2D eigenvalue weighted by atomic mass is 35.5. The number of hydrogen-bond acceptors (Lipinski definition) is 4. The number of halogens is 1. The number of aliphatic imine (C=N–C) groups is 3. The van der Waals surface area contributed by atoms with Gasteiger partial charge in [-0.1, -0.05) is 11.6 Å². The molecule has 0 fully saturated rings. The maximum absolute atomic E-state index is 5.77. The maximum Gasteiger partial charge on any atom is 0.222 e. The van der Waals surface area contributed by atoms with E-state index in [1.165, 1.54) is 0 Å². The highest BCUT2D eigenvalue weighted by Gasteiger charge is 2.24. The number of amidine groups is 1. The minimum atomic E-state index is -0.0658. The van der Waals surface area contributed by atoms with Gasteiger partial charge in [0, 0.05) is 6.20 Å². The van der Waals surface area contributed by atoms with Gasteiger partial charge in [0.1, 0.15) is 11.0 Å². The summed E-state index contributed by atoms with van der Waals surface area (Å²) in [5, 5.41) is 0.435. The zero-order valence-corrected chi connectivity index (χ0v) is 6.28. The first-order valence-electron chi connectivity index (χ1n) is 3.10. The topological polar surface area (TPSA) is 63.1 Å². The van der Waals surface area contributed by atoms with Crippen LogP contribution in [0, 0.1) is 5.92 Å². The van der Waals surface area contributed by atoms with Crippen LogP contribution in [0.25, 0.3) is 0 Å². The lowest BCUT2D eigenvalue weighted by atomic mass is 10.1. The lowest BCUT2D eigenvalue weighted by Crippen LogP contribution is -2.25. The summed E-state index contributed by atoms with van der Waals surface area (Å²) in [4.78, 5) is 11.7. The molecule has 0 aromatic carbocycles. The van der Waals surface area contributed by atoms with Crippen LogP contribution < -0.4 is 5.73 Å². The van der Waals surface area contributed by atoms with E-state index in [4.69, 9.17) is 17.3 Å². The van der Waals surface area contributed by atoms with Gasteiger partial charge in [0.05, 0.1) is 5.92 Å². The Hall–Kier alpha value is -1.16. The van der Waals surface area contributed by atoms with Crippen molar-refractivity contribution in [3.05, 3.63) is 12.3 Å². The molecule has 0 radical (unpaired) electrons. The number of fused-ring (bicyclic) bond motifs is 1. The molecule has 4 nitrogen and oxygen atoms in total. The van der Waals surface area contributed by atoms with Gasteiger partial charge in [-0.2, -0.15) is 4.99 Å². The van der Waals surface area contributed by atoms with Crippen molar-refractivity contribution < 1.29 is 0 Å². The molecular formula is C6H5ClN4. The molecule has 0 spiro atoms. The Morgan fingerprint density at radius 3 is 3.09 bits per heavy atom. The van der Waals surface area contributed by atoms with Crippen LogP contribution in [0.5, 0.6) is 0 Å². The Morgan fingerprint density at radius 2 is 2.27 bits per heavy atom. The summed E-state index contributed by atoms with van der Waals surface area (Å²) in [6, 6.07) is 0. The van der Waals surface area contributed by atoms with Crippen molar-refractivity contribution in [3.63, 3.8) is 0 Å². The van der Waals surface area contributed by atoms with E-state index in [0.717, 1.165) is 0 Å². The molecule has 0 aliphatic carbocycles. The Balaban J connectivity index is 2.45. The summed E-state index contributed by atoms with van der Waals surface area (Å²) in [6.07, 6.45) is 3.48. The molecule has 0 unspecified atom stereocenters. The number of nitrogens with two attached hydrogens (primary N) is 1. The molecule has 2 aliphatic rings. The lowest BCUT2D eigenvalue weighted by Gasteiger charge is -2.10. The Kier molecular flexibility index (Phi) is 1.29. The average Bonchev–Trinajstić information content (AvgIpc) is 2.34. The van der Waals surface area contributed by atoms with Crippen molar-refractivity contribution in [3.8, 4) is 0 Å². The van der Waals surface area contributed by atoms with Gasteiger partial charge in [0.2, 0.25) is 5.96 Å². The molecule has 56 valence electrons. The van der Waals surface area contributed by atoms with Crippen molar-refractivity contribution >= 4 is 28.6 Å². The molecule has 11 heavy (non-hydrogen) atoms. The summed E-state index contributed by atoms with van der Waals surface area (Å²) in [5.74, 6) is 0.736. The molecule has 2 aliphatic heterocycles. The summed E-state index contributed by atoms with van der Waals surface area (Å²) >= 11 is 5.77. The number of guanidine groups is 1. The van der Waals surface area contributed by atoms with Crippen LogP contribution in [-0.4, -0.2) is 17.0 Å². The van der Waals surface area contributed by atoms with Gasteiger partial charge >= 0.3 is 0 Å². The normalized spacial score (nSPS) is 27.4. The van der Waals surface area contributed by atoms with E-state index in [1.54, 1.807) is 6.20 Å². The van der Waals surface area contributed by atoms with Crippen molar-refractivity contribution in [2.75, 3.05) is 0 Å². The van der Waals surface area contributed by atoms with Crippen molar-refractivity contribution in [1.29, 1.82) is 0 Å². The van der Waals surface area contributed by atoms with Gasteiger partial charge in [-0.25, -0.2) is 9.98 Å². The van der Waals surface area contributed by atoms with Crippen LogP contribution in [0.3, 0.4) is 0 Å². The fourth-order valence-electron chi connectivity index (χ4n) is 0.978. The third-order valence-electron chi connectivity index (χ3n) is 1.47. The predicted octanol–water partition coefficient (Wildman–Crippen LogP) is 0.494. The molecule has 0 amide bonds. The van der Waals surface area contributed by atoms with Crippen LogP contribution in [0.1, 0.15) is 0 Å². The Labute approximate surface area is 68.2 Å². The zero-order chi connectivity index (χ0) is 7.84. The van der Waals surface area contributed by atoms with E-state index in [-0.39, 0.29) is 11.9 Å². The lowest BCUT2D eigenvalue weighted by molar-refractivity contribution is 1.19. The molecular weight excluding hydrogens is 164 g/mol. The monoisotopic (exact) mass is 168 g/mol. The van der Waals surface area contributed by atoms with E-state index < -0.39 is 0 Å². The fourth-order valence-corrected chi connectivity index (χ4v) is 1.23. The fraction of sp³-hybridized carbons (Fsp3) is 0.167. The summed E-state index contributed by atoms with van der Waals surface area (Å²) in [5.41, 5.74) is 5.35. The first kappa shape index (κ1) is 6.54. The SMILES string of the molecule is NC1=NC2=NC=C[C@H]2C(Cl)=N1. The first-order valence-corrected chi connectivity index (χ1v) is 3.48. The van der Waals surface area contributed by atoms with Crippen LogP contribution in [-0.2, 0) is 0 Å². The van der Waals surface area contributed by atoms with E-state index in [2.05, 4.69) is 15.0 Å². The molecule has 2 N–H and O–H groups in total. The quantitative estimate of drug-likeness (QED) is 0.562. The number of rotatable bonds is 0. The predicted molar refractivity (Wildman–Crippen MR) is 45.0 cm³/mol. The second-order valence-corrected chi connectivity index (χ2v) is 2.60. The maximum atomic E-state index is 5.77. The standard InChI is InChI=1S/C6H5ClN4/c7-4-3-1-2-9-5(3)11-6(8)10-4/h1-3H,(H2,8,9,11)/t3-/m0/s1. The second-order valence-electron chi connectivity index (χ2n) is 2.21. The van der Waals surface area contributed by atoms with Gasteiger partial charge in [0.15, 0.2) is 0 Å². The Morgan fingerprint density at radius 1 is 1.45 bits per heavy atom. The van der Waals surface area contributed by atoms with E-state index >= 15 is 0 Å². The van der Waals surface area contributed by atoms with Crippen molar-refractivity contribution in [2.45, 2.75) is 0 Å². The minimum absolute atomic E-state index is 0.0658. The second kappa shape index (κ2) is 2.17. The molecule has 2 rings (SSSR count). The average molecular weight is 169 g/mol. The molecule has 0 saturated heterocycles. The van der Waals surface area contributed by atoms with Gasteiger partial charge in [-0.05, 0) is 6.08 Å². The van der Waals surface area contributed by atoms with E-state index in [9.17, 15) is 0 Å². The van der Waals surface area contributed by atoms with Gasteiger partial charge in [-0.3, -0.25) is 0 Å². The molecule has 2 heterocycles. The van der Waals surface area contributed by atoms with Crippen LogP contribution in [0.4, 0.5) is 0 Å². The van der Waals surface area contributed by atoms with Crippen LogP contribution in [0.15, 0.2) is 27.3 Å². The third-order valence-corrected chi connectivity index (χ3v) is 1.79. The van der Waals surface area contributed by atoms with Crippen molar-refractivity contribution in [2.24, 2.45) is 26.6 Å². The highest BCUT2D eigenvalue weighted by Crippen LogP contribution is 2.18. The summed E-state index contributed by atoms with van der Waals surface area (Å²) < 4.78 is 0. The van der Waals surface area contributed by atoms with Gasteiger partial charge in [-0.15, -0.1) is 0 Å². The van der Waals surface area contributed by atoms with E-state index in [1.807, 2.05) is 6.08 Å². The Bertz CT molecular complexity index is 313. The molecule has 1 atom stereocenters. The minimum Gasteiger partial charge on any atom is -0.368 e. The third kappa shape index (κ3) is 0.952. The molecule has 5 heteroatoms. The van der Waals surface area contributed by atoms with Crippen LogP contribution in [0.2, 0.25) is 0 Å². The molecule has 0 saturated carbocycles. The smallest absolute Gasteiger partial charge is 0.222 e. The highest BCUT2D eigenvalue weighted by molar-refractivity contribution is 6.69.